The van der Waals surface area contributed by atoms with Crippen molar-refractivity contribution in [2.24, 2.45) is 0 Å². The van der Waals surface area contributed by atoms with Crippen molar-refractivity contribution >= 4 is 32.8 Å². The van der Waals surface area contributed by atoms with Gasteiger partial charge in [0.2, 0.25) is 0 Å². The van der Waals surface area contributed by atoms with Crippen LogP contribution >= 0.6 is 0 Å². The van der Waals surface area contributed by atoms with Gasteiger partial charge >= 0.3 is 119 Å². The standard InChI is InChI=1S/C13H13AsN2O3/c1-13(2)9-7-10(14)8(4-3-5-16(18)19)6-11(9)15-12(13)17/h6-7H,4,14H2,1-2H3,(H,15,17). The van der Waals surface area contributed by atoms with E-state index in [4.69, 9.17) is 0 Å². The van der Waals surface area contributed by atoms with Crippen molar-refractivity contribution in [2.75, 3.05) is 5.32 Å². The molecule has 1 aliphatic heterocycles. The third kappa shape index (κ3) is 2.50. The molecule has 0 saturated heterocycles. The number of carbonyl (C=O) groups is 1. The molecular formula is C13H13AsN2O3. The van der Waals surface area contributed by atoms with E-state index in [1.807, 2.05) is 32.0 Å². The predicted octanol–water partition coefficient (Wildman–Crippen LogP) is -0.0452. The second-order valence-corrected chi connectivity index (χ2v) is 6.20. The Morgan fingerprint density at radius 3 is 2.79 bits per heavy atom. The number of anilines is 1. The Kier molecular flexibility index (Phi) is 3.38. The quantitative estimate of drug-likeness (QED) is 0.259. The molecule has 1 aromatic rings. The number of carbonyl (C=O) groups excluding carboxylic acids is 1. The van der Waals surface area contributed by atoms with Gasteiger partial charge in [-0.2, -0.15) is 0 Å². The van der Waals surface area contributed by atoms with Crippen molar-refractivity contribution < 1.29 is 9.72 Å². The minimum absolute atomic E-state index is 0.0251. The summed E-state index contributed by atoms with van der Waals surface area (Å²) in [5, 5.41) is 13.0. The fourth-order valence-corrected chi connectivity index (χ4v) is 2.77. The molecule has 1 heterocycles. The molecule has 1 aromatic carbocycles. The van der Waals surface area contributed by atoms with Gasteiger partial charge in [0.1, 0.15) is 0 Å². The van der Waals surface area contributed by atoms with Crippen molar-refractivity contribution in [3.05, 3.63) is 33.4 Å². The number of nitrogens with zero attached hydrogens (tertiary/aromatic N) is 1. The van der Waals surface area contributed by atoms with Gasteiger partial charge in [-0.1, -0.05) is 0 Å². The molecular weight excluding hydrogens is 307 g/mol. The molecule has 1 unspecified atom stereocenters. The molecule has 1 N–H and O–H groups in total. The summed E-state index contributed by atoms with van der Waals surface area (Å²) >= 11 is 1.42. The van der Waals surface area contributed by atoms with E-state index in [9.17, 15) is 14.9 Å². The number of fused-ring (bicyclic) bond motifs is 1. The number of hydrogen-bond donors (Lipinski definition) is 1. The summed E-state index contributed by atoms with van der Waals surface area (Å²) in [6, 6.07) is 5.76. The second kappa shape index (κ2) is 4.71. The molecule has 2 rings (SSSR count). The molecule has 6 heteroatoms. The summed E-state index contributed by atoms with van der Waals surface area (Å²) in [6.07, 6.45) is 0.318. The maximum atomic E-state index is 11.9. The Balaban J connectivity index is 2.38. The Labute approximate surface area is 119 Å². The van der Waals surface area contributed by atoms with Crippen molar-refractivity contribution in [1.82, 2.24) is 0 Å². The van der Waals surface area contributed by atoms with Crippen LogP contribution in [0.1, 0.15) is 25.0 Å². The number of hydrogen-bond acceptors (Lipinski definition) is 3. The first-order valence-electron chi connectivity index (χ1n) is 5.69. The summed E-state index contributed by atoms with van der Waals surface area (Å²) in [5.74, 6) is 2.49. The van der Waals surface area contributed by atoms with Gasteiger partial charge in [0.05, 0.1) is 0 Å². The van der Waals surface area contributed by atoms with Crippen LogP contribution in [0.3, 0.4) is 0 Å². The Morgan fingerprint density at radius 1 is 1.47 bits per heavy atom. The zero-order chi connectivity index (χ0) is 14.2. The van der Waals surface area contributed by atoms with Gasteiger partial charge in [-0.25, -0.2) is 0 Å². The van der Waals surface area contributed by atoms with E-state index in [-0.39, 0.29) is 5.91 Å². The molecule has 0 saturated carbocycles. The molecule has 98 valence electrons. The van der Waals surface area contributed by atoms with Gasteiger partial charge in [-0.15, -0.1) is 0 Å². The molecule has 1 amide bonds. The monoisotopic (exact) mass is 320 g/mol. The molecule has 5 nitrogen and oxygen atoms in total. The summed E-state index contributed by atoms with van der Waals surface area (Å²) in [7, 11) is 0. The zero-order valence-corrected chi connectivity index (χ0v) is 13.0. The van der Waals surface area contributed by atoms with Crippen LogP contribution in [0.25, 0.3) is 0 Å². The molecule has 19 heavy (non-hydrogen) atoms. The first-order valence-corrected chi connectivity index (χ1v) is 6.90. The summed E-state index contributed by atoms with van der Waals surface area (Å²) in [6.45, 7) is 3.76. The first-order chi connectivity index (χ1) is 8.82. The van der Waals surface area contributed by atoms with Crippen molar-refractivity contribution in [1.29, 1.82) is 0 Å². The topological polar surface area (TPSA) is 72.2 Å². The van der Waals surface area contributed by atoms with E-state index >= 15 is 0 Å². The van der Waals surface area contributed by atoms with E-state index in [2.05, 4.69) is 11.2 Å². The average Bonchev–Trinajstić information content (AvgIpc) is 2.51. The predicted molar refractivity (Wildman–Crippen MR) is 74.8 cm³/mol. The summed E-state index contributed by atoms with van der Waals surface area (Å²) in [4.78, 5) is 21.4. The number of nitrogens with one attached hydrogen (secondary N) is 1. The van der Waals surface area contributed by atoms with E-state index < -0.39 is 10.3 Å². The third-order valence-corrected chi connectivity index (χ3v) is 4.35. The van der Waals surface area contributed by atoms with Crippen LogP contribution in [0, 0.1) is 22.1 Å². The van der Waals surface area contributed by atoms with Crippen LogP contribution in [0.15, 0.2) is 12.1 Å². The van der Waals surface area contributed by atoms with Crippen LogP contribution in [-0.2, 0) is 16.6 Å². The van der Waals surface area contributed by atoms with E-state index in [1.165, 1.54) is 16.9 Å². The first kappa shape index (κ1) is 13.6. The molecule has 1 aliphatic rings. The van der Waals surface area contributed by atoms with Crippen LogP contribution in [0.5, 0.6) is 0 Å². The molecule has 0 spiro atoms. The van der Waals surface area contributed by atoms with E-state index in [0.29, 0.717) is 6.42 Å². The SMILES string of the molecule is CC1(C)C(=O)Nc2cc(CC#C[N+](=O)[O-])c([AsH2])cc21. The molecule has 0 aliphatic carbocycles. The van der Waals surface area contributed by atoms with Crippen LogP contribution in [0.2, 0.25) is 0 Å². The molecule has 0 fully saturated rings. The number of benzene rings is 1. The third-order valence-electron chi connectivity index (χ3n) is 3.22. The fraction of sp³-hybridized carbons (Fsp3) is 0.308. The van der Waals surface area contributed by atoms with Gasteiger partial charge in [0, 0.05) is 0 Å². The normalized spacial score (nSPS) is 15.2. The number of rotatable bonds is 1. The number of amides is 1. The van der Waals surface area contributed by atoms with Gasteiger partial charge in [0.25, 0.3) is 0 Å². The van der Waals surface area contributed by atoms with Crippen molar-refractivity contribution in [3.63, 3.8) is 0 Å². The second-order valence-electron chi connectivity index (χ2n) is 4.90. The minimum atomic E-state index is -0.654. The Hall–Kier alpha value is -1.79. The molecule has 0 aromatic heterocycles. The Morgan fingerprint density at radius 2 is 2.16 bits per heavy atom. The maximum absolute atomic E-state index is 11.9. The molecule has 1 atom stereocenters. The fourth-order valence-electron chi connectivity index (χ4n) is 2.04. The van der Waals surface area contributed by atoms with E-state index in [0.717, 1.165) is 21.2 Å². The van der Waals surface area contributed by atoms with Gasteiger partial charge in [-0.3, -0.25) is 0 Å². The zero-order valence-electron chi connectivity index (χ0n) is 10.6. The summed E-state index contributed by atoms with van der Waals surface area (Å²) < 4.78 is 1.05. The Bertz CT molecular complexity index is 641. The average molecular weight is 320 g/mol. The van der Waals surface area contributed by atoms with Crippen molar-refractivity contribution in [2.45, 2.75) is 25.7 Å². The van der Waals surface area contributed by atoms with Crippen LogP contribution in [-0.4, -0.2) is 27.7 Å². The van der Waals surface area contributed by atoms with Gasteiger partial charge < -0.3 is 0 Å². The molecule has 0 bridgehead atoms. The number of nitro groups is 1. The van der Waals surface area contributed by atoms with Crippen molar-refractivity contribution in [3.8, 4) is 12.0 Å². The van der Waals surface area contributed by atoms with Gasteiger partial charge in [-0.05, 0) is 0 Å². The van der Waals surface area contributed by atoms with Crippen LogP contribution in [0.4, 0.5) is 5.69 Å². The molecule has 0 radical (unpaired) electrons. The van der Waals surface area contributed by atoms with E-state index in [1.54, 1.807) is 0 Å². The van der Waals surface area contributed by atoms with Gasteiger partial charge in [0.15, 0.2) is 0 Å². The van der Waals surface area contributed by atoms with Crippen LogP contribution < -0.4 is 9.67 Å². The summed E-state index contributed by atoms with van der Waals surface area (Å²) in [5.41, 5.74) is 2.16.